The summed E-state index contributed by atoms with van der Waals surface area (Å²) in [6.45, 7) is 6.26. The van der Waals surface area contributed by atoms with Crippen LogP contribution in [0.3, 0.4) is 0 Å². The number of anilines is 1. The second kappa shape index (κ2) is 10.6. The molecule has 0 radical (unpaired) electrons. The molecule has 0 bridgehead atoms. The zero-order valence-corrected chi connectivity index (χ0v) is 18.3. The van der Waals surface area contributed by atoms with E-state index in [4.69, 9.17) is 4.42 Å². The summed E-state index contributed by atoms with van der Waals surface area (Å²) in [4.78, 5) is 29.2. The molecular weight excluding hydrogens is 390 g/mol. The number of aryl methyl sites for hydroxylation is 1. The van der Waals surface area contributed by atoms with Gasteiger partial charge in [-0.3, -0.25) is 9.59 Å². The summed E-state index contributed by atoms with van der Waals surface area (Å²) in [5, 5.41) is 5.87. The molecule has 0 saturated heterocycles. The maximum Gasteiger partial charge on any atom is 0.228 e. The Balaban J connectivity index is 1.70. The van der Waals surface area contributed by atoms with Gasteiger partial charge in [0.1, 0.15) is 11.5 Å². The van der Waals surface area contributed by atoms with Crippen molar-refractivity contribution in [1.82, 2.24) is 10.3 Å². The minimum Gasteiger partial charge on any atom is -0.441 e. The molecule has 162 valence electrons. The predicted octanol–water partition coefficient (Wildman–Crippen LogP) is 4.88. The number of oxazole rings is 1. The number of nitrogens with zero attached hydrogens (tertiary/aromatic N) is 1. The fraction of sp³-hybridized carbons (Fsp3) is 0.320. The van der Waals surface area contributed by atoms with Crippen LogP contribution in [0.1, 0.15) is 43.7 Å². The van der Waals surface area contributed by atoms with Gasteiger partial charge < -0.3 is 15.1 Å². The van der Waals surface area contributed by atoms with Crippen LogP contribution in [-0.2, 0) is 22.6 Å². The molecule has 0 aliphatic rings. The van der Waals surface area contributed by atoms with Crippen molar-refractivity contribution in [3.8, 4) is 11.5 Å². The first-order chi connectivity index (χ1) is 15.0. The molecule has 3 rings (SSSR count). The minimum absolute atomic E-state index is 0.00637. The van der Waals surface area contributed by atoms with Crippen molar-refractivity contribution in [1.29, 1.82) is 0 Å². The number of rotatable bonds is 9. The summed E-state index contributed by atoms with van der Waals surface area (Å²) in [7, 11) is 0. The Morgan fingerprint density at radius 2 is 1.74 bits per heavy atom. The number of nitrogens with one attached hydrogen (secondary N) is 2. The number of carbonyl (C=O) groups is 2. The molecule has 2 N–H and O–H groups in total. The zero-order chi connectivity index (χ0) is 22.2. The highest BCUT2D eigenvalue weighted by atomic mass is 16.4. The molecule has 0 spiro atoms. The van der Waals surface area contributed by atoms with Gasteiger partial charge in [0.15, 0.2) is 0 Å². The monoisotopic (exact) mass is 419 g/mol. The number of carbonyl (C=O) groups excluding carboxylic acids is 2. The van der Waals surface area contributed by atoms with Crippen LogP contribution in [0, 0.1) is 12.8 Å². The first-order valence-corrected chi connectivity index (χ1v) is 10.6. The van der Waals surface area contributed by atoms with Crippen LogP contribution in [0.4, 0.5) is 5.69 Å². The largest absolute Gasteiger partial charge is 0.441 e. The van der Waals surface area contributed by atoms with E-state index < -0.39 is 0 Å². The maximum absolute atomic E-state index is 12.5. The van der Waals surface area contributed by atoms with Crippen molar-refractivity contribution >= 4 is 17.5 Å². The van der Waals surface area contributed by atoms with Gasteiger partial charge in [0.05, 0.1) is 24.2 Å². The van der Waals surface area contributed by atoms with E-state index >= 15 is 0 Å². The van der Waals surface area contributed by atoms with Crippen LogP contribution in [0.25, 0.3) is 11.5 Å². The lowest BCUT2D eigenvalue weighted by atomic mass is 10.1. The summed E-state index contributed by atoms with van der Waals surface area (Å²) in [6, 6.07) is 17.0. The molecule has 0 fully saturated rings. The highest BCUT2D eigenvalue weighted by molar-refractivity contribution is 5.95. The van der Waals surface area contributed by atoms with Gasteiger partial charge in [-0.1, -0.05) is 62.7 Å². The Morgan fingerprint density at radius 3 is 2.48 bits per heavy atom. The van der Waals surface area contributed by atoms with E-state index in [0.29, 0.717) is 47.5 Å². The van der Waals surface area contributed by atoms with Crippen molar-refractivity contribution < 1.29 is 14.0 Å². The predicted molar refractivity (Wildman–Crippen MR) is 121 cm³/mol. The topological polar surface area (TPSA) is 84.2 Å². The molecule has 6 nitrogen and oxygen atoms in total. The molecule has 2 aromatic carbocycles. The molecule has 1 atom stereocenters. The number of aromatic nitrogens is 1. The van der Waals surface area contributed by atoms with E-state index in [1.807, 2.05) is 61.5 Å². The second-order valence-electron chi connectivity index (χ2n) is 7.77. The Morgan fingerprint density at radius 1 is 1.03 bits per heavy atom. The Bertz CT molecular complexity index is 1030. The third kappa shape index (κ3) is 6.28. The van der Waals surface area contributed by atoms with Crippen LogP contribution in [0.5, 0.6) is 0 Å². The van der Waals surface area contributed by atoms with Gasteiger partial charge in [-0.25, -0.2) is 4.98 Å². The molecular formula is C25H29N3O3. The third-order valence-corrected chi connectivity index (χ3v) is 5.22. The first kappa shape index (κ1) is 22.3. The molecule has 3 aromatic rings. The molecule has 0 aliphatic heterocycles. The quantitative estimate of drug-likeness (QED) is 0.517. The molecule has 0 unspecified atom stereocenters. The lowest BCUT2D eigenvalue weighted by Gasteiger charge is -2.09. The Labute approximate surface area is 183 Å². The average molecular weight is 420 g/mol. The van der Waals surface area contributed by atoms with Gasteiger partial charge >= 0.3 is 0 Å². The van der Waals surface area contributed by atoms with Gasteiger partial charge in [0.25, 0.3) is 0 Å². The highest BCUT2D eigenvalue weighted by Crippen LogP contribution is 2.29. The fourth-order valence-electron chi connectivity index (χ4n) is 3.18. The zero-order valence-electron chi connectivity index (χ0n) is 18.3. The van der Waals surface area contributed by atoms with E-state index in [9.17, 15) is 9.59 Å². The van der Waals surface area contributed by atoms with Crippen LogP contribution >= 0.6 is 0 Å². The SMILES string of the molecule is CC[C@H](C)CC(=O)NCc1nc(-c2ccccc2NC(=O)Cc2ccccc2)oc1C. The van der Waals surface area contributed by atoms with Crippen LogP contribution in [0.15, 0.2) is 59.0 Å². The molecule has 0 saturated carbocycles. The molecule has 2 amide bonds. The smallest absolute Gasteiger partial charge is 0.228 e. The van der Waals surface area contributed by atoms with Crippen molar-refractivity contribution in [2.45, 2.75) is 46.6 Å². The highest BCUT2D eigenvalue weighted by Gasteiger charge is 2.17. The third-order valence-electron chi connectivity index (χ3n) is 5.22. The van der Waals surface area contributed by atoms with E-state index in [2.05, 4.69) is 29.5 Å². The standard InChI is InChI=1S/C25H29N3O3/c1-4-17(2)14-23(29)26-16-22-18(3)31-25(28-22)20-12-8-9-13-21(20)27-24(30)15-19-10-6-5-7-11-19/h5-13,17H,4,14-16H2,1-3H3,(H,26,29)(H,27,30)/t17-/m0/s1. The van der Waals surface area contributed by atoms with E-state index in [1.54, 1.807) is 0 Å². The maximum atomic E-state index is 12.5. The van der Waals surface area contributed by atoms with Gasteiger partial charge in [-0.05, 0) is 30.5 Å². The molecule has 1 heterocycles. The lowest BCUT2D eigenvalue weighted by molar-refractivity contribution is -0.122. The number of hydrogen-bond donors (Lipinski definition) is 2. The molecule has 6 heteroatoms. The summed E-state index contributed by atoms with van der Waals surface area (Å²) in [5.41, 5.74) is 2.96. The van der Waals surface area contributed by atoms with Gasteiger partial charge in [-0.2, -0.15) is 0 Å². The van der Waals surface area contributed by atoms with E-state index in [1.165, 1.54) is 0 Å². The minimum atomic E-state index is -0.112. The number of benzene rings is 2. The first-order valence-electron chi connectivity index (χ1n) is 10.6. The summed E-state index contributed by atoms with van der Waals surface area (Å²) in [5.74, 6) is 1.30. The van der Waals surface area contributed by atoms with Gasteiger partial charge in [0, 0.05) is 6.42 Å². The molecule has 1 aromatic heterocycles. The van der Waals surface area contributed by atoms with Crippen molar-refractivity contribution in [2.24, 2.45) is 5.92 Å². The Kier molecular flexibility index (Phi) is 7.60. The van der Waals surface area contributed by atoms with Crippen LogP contribution in [-0.4, -0.2) is 16.8 Å². The number of para-hydroxylation sites is 1. The second-order valence-corrected chi connectivity index (χ2v) is 7.77. The molecule has 31 heavy (non-hydrogen) atoms. The van der Waals surface area contributed by atoms with Crippen LogP contribution in [0.2, 0.25) is 0 Å². The number of hydrogen-bond acceptors (Lipinski definition) is 4. The van der Waals surface area contributed by atoms with E-state index in [-0.39, 0.29) is 18.2 Å². The van der Waals surface area contributed by atoms with Crippen molar-refractivity contribution in [2.75, 3.05) is 5.32 Å². The number of amides is 2. The van der Waals surface area contributed by atoms with E-state index in [0.717, 1.165) is 12.0 Å². The van der Waals surface area contributed by atoms with Gasteiger partial charge in [-0.15, -0.1) is 0 Å². The van der Waals surface area contributed by atoms with Crippen LogP contribution < -0.4 is 10.6 Å². The summed E-state index contributed by atoms with van der Waals surface area (Å²) >= 11 is 0. The Hall–Kier alpha value is -3.41. The molecule has 0 aliphatic carbocycles. The normalized spacial score (nSPS) is 11.7. The fourth-order valence-corrected chi connectivity index (χ4v) is 3.18. The lowest BCUT2D eigenvalue weighted by Crippen LogP contribution is -2.24. The van der Waals surface area contributed by atoms with Crippen molar-refractivity contribution in [3.05, 3.63) is 71.6 Å². The van der Waals surface area contributed by atoms with Gasteiger partial charge in [0.2, 0.25) is 17.7 Å². The van der Waals surface area contributed by atoms with Crippen molar-refractivity contribution in [3.63, 3.8) is 0 Å². The average Bonchev–Trinajstić information content (AvgIpc) is 3.13. The summed E-state index contributed by atoms with van der Waals surface area (Å²) < 4.78 is 5.86. The summed E-state index contributed by atoms with van der Waals surface area (Å²) in [6.07, 6.45) is 1.75.